The van der Waals surface area contributed by atoms with E-state index in [0.717, 1.165) is 51.4 Å². The van der Waals surface area contributed by atoms with Gasteiger partial charge in [0.05, 0.1) is 39.9 Å². The first-order chi connectivity index (χ1) is 27.0. The summed E-state index contributed by atoms with van der Waals surface area (Å²) in [5.41, 5.74) is 0. The second kappa shape index (κ2) is 38.7. The average molecular weight is 807 g/mol. The third kappa shape index (κ3) is 40.4. The summed E-state index contributed by atoms with van der Waals surface area (Å²) >= 11 is 0. The average Bonchev–Trinajstić information content (AvgIpc) is 3.15. The highest BCUT2D eigenvalue weighted by atomic mass is 31.2. The fraction of sp³-hybridized carbons (Fsp3) is 0.766. The van der Waals surface area contributed by atoms with Crippen LogP contribution in [-0.2, 0) is 18.4 Å². The van der Waals surface area contributed by atoms with Gasteiger partial charge in [0.2, 0.25) is 5.91 Å². The minimum Gasteiger partial charge on any atom is -0.756 e. The largest absolute Gasteiger partial charge is 0.756 e. The minimum absolute atomic E-state index is 0.0118. The minimum atomic E-state index is -4.60. The van der Waals surface area contributed by atoms with Gasteiger partial charge >= 0.3 is 0 Å². The predicted octanol–water partition coefficient (Wildman–Crippen LogP) is 12.0. The number of quaternary nitrogens is 1. The highest BCUT2D eigenvalue weighted by Crippen LogP contribution is 2.38. The quantitative estimate of drug-likeness (QED) is 0.0210. The molecular formula is C47H87N2O6P. The van der Waals surface area contributed by atoms with Gasteiger partial charge in [0.25, 0.3) is 7.82 Å². The van der Waals surface area contributed by atoms with Crippen molar-refractivity contribution in [3.63, 3.8) is 0 Å². The van der Waals surface area contributed by atoms with Crippen LogP contribution in [0.15, 0.2) is 60.8 Å². The molecule has 0 rings (SSSR count). The van der Waals surface area contributed by atoms with Crippen molar-refractivity contribution >= 4 is 13.7 Å². The van der Waals surface area contributed by atoms with E-state index in [1.807, 2.05) is 27.2 Å². The lowest BCUT2D eigenvalue weighted by Crippen LogP contribution is -2.45. The number of nitrogens with zero attached hydrogens (tertiary/aromatic N) is 1. The molecule has 0 heterocycles. The summed E-state index contributed by atoms with van der Waals surface area (Å²) in [5, 5.41) is 13.7. The van der Waals surface area contributed by atoms with Crippen LogP contribution >= 0.6 is 7.82 Å². The molecule has 0 aromatic heterocycles. The number of carbonyl (C=O) groups is 1. The zero-order valence-electron chi connectivity index (χ0n) is 36.8. The molecule has 0 radical (unpaired) electrons. The Hall–Kier alpha value is -1.80. The van der Waals surface area contributed by atoms with Crippen LogP contribution in [0.4, 0.5) is 0 Å². The van der Waals surface area contributed by atoms with Gasteiger partial charge in [-0.25, -0.2) is 0 Å². The van der Waals surface area contributed by atoms with Crippen molar-refractivity contribution < 1.29 is 32.9 Å². The lowest BCUT2D eigenvalue weighted by atomic mass is 10.0. The van der Waals surface area contributed by atoms with E-state index in [2.05, 4.69) is 67.8 Å². The molecule has 326 valence electrons. The molecule has 3 atom stereocenters. The number of nitrogens with one attached hydrogen (secondary N) is 1. The summed E-state index contributed by atoms with van der Waals surface area (Å²) in [4.78, 5) is 25.3. The van der Waals surface area contributed by atoms with Crippen molar-refractivity contribution in [2.24, 2.45) is 0 Å². The SMILES string of the molecule is CCCCC/C=C\C=C/CCCCCCCCCCCCC(=O)NC(COP(=O)([O-])OCC[N+](C)(C)C)C(O)/C=C/CC/C=C/CC/C=C/CCCCCCC. The number of phosphoric ester groups is 1. The van der Waals surface area contributed by atoms with Gasteiger partial charge in [-0.1, -0.05) is 164 Å². The lowest BCUT2D eigenvalue weighted by molar-refractivity contribution is -0.870. The molecule has 0 aliphatic carbocycles. The van der Waals surface area contributed by atoms with E-state index < -0.39 is 26.6 Å². The number of allylic oxidation sites excluding steroid dienone is 9. The number of phosphoric acid groups is 1. The van der Waals surface area contributed by atoms with E-state index in [0.29, 0.717) is 17.4 Å². The van der Waals surface area contributed by atoms with Crippen LogP contribution < -0.4 is 10.2 Å². The molecule has 0 aliphatic heterocycles. The first kappa shape index (κ1) is 54.2. The number of likely N-dealkylation sites (N-methyl/N-ethyl adjacent to an activating group) is 1. The Bertz CT molecular complexity index is 1100. The van der Waals surface area contributed by atoms with E-state index >= 15 is 0 Å². The Morgan fingerprint density at radius 3 is 1.59 bits per heavy atom. The van der Waals surface area contributed by atoms with E-state index in [1.54, 1.807) is 6.08 Å². The summed E-state index contributed by atoms with van der Waals surface area (Å²) in [6.07, 6.45) is 49.8. The zero-order valence-corrected chi connectivity index (χ0v) is 37.7. The summed E-state index contributed by atoms with van der Waals surface area (Å²) < 4.78 is 23.2. The number of hydrogen-bond donors (Lipinski definition) is 2. The molecular weight excluding hydrogens is 719 g/mol. The van der Waals surface area contributed by atoms with Crippen molar-refractivity contribution in [3.05, 3.63) is 60.8 Å². The van der Waals surface area contributed by atoms with Gasteiger partial charge in [-0.15, -0.1) is 0 Å². The van der Waals surface area contributed by atoms with Crippen LogP contribution in [0.3, 0.4) is 0 Å². The highest BCUT2D eigenvalue weighted by Gasteiger charge is 2.23. The molecule has 0 saturated heterocycles. The Morgan fingerprint density at radius 2 is 1.05 bits per heavy atom. The number of carbonyl (C=O) groups excluding carboxylic acids is 1. The third-order valence-electron chi connectivity index (χ3n) is 9.71. The normalized spacial score (nSPS) is 14.9. The van der Waals surface area contributed by atoms with Crippen LogP contribution in [0.5, 0.6) is 0 Å². The van der Waals surface area contributed by atoms with Gasteiger partial charge in [0.15, 0.2) is 0 Å². The summed E-state index contributed by atoms with van der Waals surface area (Å²) in [7, 11) is 1.22. The fourth-order valence-corrected chi connectivity index (χ4v) is 6.78. The standard InChI is InChI=1S/C47H87N2O6P/c1-6-8-10-12-14-16-18-20-22-23-24-25-27-29-31-33-35-37-39-41-47(51)48-45(44-55-56(52,53)54-43-42-49(3,4)5)46(50)40-38-36-34-32-30-28-26-21-19-17-15-13-11-9-7-2/h14,16,18-21,30,32,38,40,45-46,50H,6-13,15,17,22-29,31,33-37,39,41-44H2,1-5H3,(H-,48,51,52,53)/b16-14-,20-18-,21-19+,32-30+,40-38+. The molecule has 0 spiro atoms. The van der Waals surface area contributed by atoms with Crippen LogP contribution in [-0.4, -0.2) is 68.5 Å². The highest BCUT2D eigenvalue weighted by molar-refractivity contribution is 7.45. The van der Waals surface area contributed by atoms with Gasteiger partial charge in [0, 0.05) is 6.42 Å². The van der Waals surface area contributed by atoms with E-state index in [9.17, 15) is 19.4 Å². The van der Waals surface area contributed by atoms with Gasteiger partial charge in [0.1, 0.15) is 13.2 Å². The first-order valence-corrected chi connectivity index (χ1v) is 24.1. The molecule has 0 aromatic carbocycles. The Kier molecular flexibility index (Phi) is 37.5. The molecule has 0 fully saturated rings. The van der Waals surface area contributed by atoms with Gasteiger partial charge in [-0.3, -0.25) is 9.36 Å². The van der Waals surface area contributed by atoms with Crippen LogP contribution in [0, 0.1) is 0 Å². The van der Waals surface area contributed by atoms with Gasteiger partial charge in [-0.05, 0) is 70.6 Å². The molecule has 1 amide bonds. The Balaban J connectivity index is 4.47. The molecule has 3 unspecified atom stereocenters. The molecule has 0 bridgehead atoms. The van der Waals surface area contributed by atoms with E-state index in [4.69, 9.17) is 9.05 Å². The monoisotopic (exact) mass is 807 g/mol. The maximum Gasteiger partial charge on any atom is 0.268 e. The zero-order chi connectivity index (χ0) is 41.4. The number of amides is 1. The molecule has 0 saturated carbocycles. The van der Waals surface area contributed by atoms with Gasteiger partial charge in [-0.2, -0.15) is 0 Å². The summed E-state index contributed by atoms with van der Waals surface area (Å²) in [5.74, 6) is -0.218. The molecule has 0 aliphatic rings. The fourth-order valence-electron chi connectivity index (χ4n) is 6.06. The van der Waals surface area contributed by atoms with Crippen molar-refractivity contribution in [3.8, 4) is 0 Å². The predicted molar refractivity (Wildman–Crippen MR) is 237 cm³/mol. The van der Waals surface area contributed by atoms with E-state index in [-0.39, 0.29) is 12.5 Å². The number of aliphatic hydroxyl groups is 1. The van der Waals surface area contributed by atoms with E-state index in [1.165, 1.54) is 109 Å². The van der Waals surface area contributed by atoms with Crippen LogP contribution in [0.25, 0.3) is 0 Å². The van der Waals surface area contributed by atoms with Crippen molar-refractivity contribution in [1.82, 2.24) is 5.32 Å². The number of rotatable bonds is 40. The van der Waals surface area contributed by atoms with Crippen LogP contribution in [0.2, 0.25) is 0 Å². The number of aliphatic hydroxyl groups excluding tert-OH is 1. The van der Waals surface area contributed by atoms with Gasteiger partial charge < -0.3 is 28.8 Å². The van der Waals surface area contributed by atoms with Crippen molar-refractivity contribution in [1.29, 1.82) is 0 Å². The third-order valence-corrected chi connectivity index (χ3v) is 10.7. The Labute approximate surface area is 345 Å². The Morgan fingerprint density at radius 1 is 0.625 bits per heavy atom. The summed E-state index contributed by atoms with van der Waals surface area (Å²) in [6, 6.07) is -0.912. The molecule has 8 nitrogen and oxygen atoms in total. The number of hydrogen-bond acceptors (Lipinski definition) is 6. The molecule has 56 heavy (non-hydrogen) atoms. The number of unbranched alkanes of at least 4 members (excludes halogenated alkanes) is 20. The second-order valence-corrected chi connectivity index (χ2v) is 17.8. The topological polar surface area (TPSA) is 108 Å². The molecule has 0 aromatic rings. The second-order valence-electron chi connectivity index (χ2n) is 16.4. The van der Waals surface area contributed by atoms with Crippen molar-refractivity contribution in [2.45, 2.75) is 193 Å². The van der Waals surface area contributed by atoms with Crippen molar-refractivity contribution in [2.75, 3.05) is 40.9 Å². The van der Waals surface area contributed by atoms with Crippen LogP contribution in [0.1, 0.15) is 181 Å². The summed E-state index contributed by atoms with van der Waals surface area (Å²) in [6.45, 7) is 4.56. The smallest absolute Gasteiger partial charge is 0.268 e. The molecule has 2 N–H and O–H groups in total. The first-order valence-electron chi connectivity index (χ1n) is 22.7. The molecule has 9 heteroatoms. The maximum absolute atomic E-state index is 12.9. The maximum atomic E-state index is 12.9. The lowest BCUT2D eigenvalue weighted by Gasteiger charge is -2.29.